The first kappa shape index (κ1) is 19.9. The molecular formula is C24H21F5. The van der Waals surface area contributed by atoms with E-state index >= 15 is 0 Å². The molecule has 0 amide bonds. The molecule has 0 aromatic heterocycles. The first-order chi connectivity index (χ1) is 13.8. The molecule has 0 heterocycles. The van der Waals surface area contributed by atoms with E-state index in [1.54, 1.807) is 0 Å². The number of alkyl halides is 3. The summed E-state index contributed by atoms with van der Waals surface area (Å²) in [6, 6.07) is 13.7. The highest BCUT2D eigenvalue weighted by molar-refractivity contribution is 5.87. The quantitative estimate of drug-likeness (QED) is 0.394. The van der Waals surface area contributed by atoms with Gasteiger partial charge < -0.3 is 0 Å². The zero-order valence-electron chi connectivity index (χ0n) is 16.0. The molecule has 3 aromatic carbocycles. The summed E-state index contributed by atoms with van der Waals surface area (Å²) in [7, 11) is 0. The van der Waals surface area contributed by atoms with Gasteiger partial charge in [-0.15, -0.1) is 0 Å². The number of halogens is 5. The van der Waals surface area contributed by atoms with Crippen molar-refractivity contribution in [2.24, 2.45) is 5.92 Å². The van der Waals surface area contributed by atoms with E-state index in [9.17, 15) is 22.0 Å². The van der Waals surface area contributed by atoms with Crippen LogP contribution < -0.4 is 0 Å². The molecule has 29 heavy (non-hydrogen) atoms. The van der Waals surface area contributed by atoms with Crippen LogP contribution >= 0.6 is 0 Å². The van der Waals surface area contributed by atoms with Crippen molar-refractivity contribution in [2.75, 3.05) is 0 Å². The maximum Gasteiger partial charge on any atom is 0.422 e. The molecular weight excluding hydrogens is 383 g/mol. The second-order valence-corrected chi connectivity index (χ2v) is 7.78. The Labute approximate surface area is 166 Å². The SMILES string of the molecule is CCCC1CCc2c(ccc3ccccc23)C1c1cc(F)c(C(F)(F)F)c(F)c1. The van der Waals surface area contributed by atoms with Crippen LogP contribution in [0.3, 0.4) is 0 Å². The molecule has 5 heteroatoms. The molecule has 0 saturated heterocycles. The molecule has 1 aliphatic carbocycles. The number of hydrogen-bond donors (Lipinski definition) is 0. The predicted molar refractivity (Wildman–Crippen MR) is 104 cm³/mol. The monoisotopic (exact) mass is 404 g/mol. The summed E-state index contributed by atoms with van der Waals surface area (Å²) < 4.78 is 67.7. The fraction of sp³-hybridized carbons (Fsp3) is 0.333. The van der Waals surface area contributed by atoms with Gasteiger partial charge in [-0.25, -0.2) is 8.78 Å². The molecule has 0 nitrogen and oxygen atoms in total. The topological polar surface area (TPSA) is 0 Å². The fourth-order valence-corrected chi connectivity index (χ4v) is 4.85. The van der Waals surface area contributed by atoms with Crippen LogP contribution in [0.15, 0.2) is 48.5 Å². The second-order valence-electron chi connectivity index (χ2n) is 7.78. The van der Waals surface area contributed by atoms with Gasteiger partial charge in [-0.1, -0.05) is 49.7 Å². The molecule has 0 aliphatic heterocycles. The van der Waals surface area contributed by atoms with Gasteiger partial charge in [0.1, 0.15) is 17.2 Å². The molecule has 2 unspecified atom stereocenters. The van der Waals surface area contributed by atoms with E-state index in [4.69, 9.17) is 0 Å². The highest BCUT2D eigenvalue weighted by Gasteiger charge is 2.39. The van der Waals surface area contributed by atoms with Crippen LogP contribution in [0.2, 0.25) is 0 Å². The third kappa shape index (κ3) is 3.52. The summed E-state index contributed by atoms with van der Waals surface area (Å²) in [6.07, 6.45) is -1.62. The minimum atomic E-state index is -5.06. The second kappa shape index (κ2) is 7.43. The lowest BCUT2D eigenvalue weighted by atomic mass is 9.69. The normalized spacial score (nSPS) is 19.4. The van der Waals surface area contributed by atoms with Crippen molar-refractivity contribution in [1.29, 1.82) is 0 Å². The smallest absolute Gasteiger partial charge is 0.206 e. The Morgan fingerprint density at radius 3 is 2.31 bits per heavy atom. The van der Waals surface area contributed by atoms with Gasteiger partial charge in [-0.2, -0.15) is 13.2 Å². The maximum absolute atomic E-state index is 14.3. The highest BCUT2D eigenvalue weighted by Crippen LogP contribution is 2.46. The van der Waals surface area contributed by atoms with Crippen molar-refractivity contribution in [3.8, 4) is 0 Å². The summed E-state index contributed by atoms with van der Waals surface area (Å²) in [6.45, 7) is 2.04. The summed E-state index contributed by atoms with van der Waals surface area (Å²) in [4.78, 5) is 0. The maximum atomic E-state index is 14.3. The third-order valence-electron chi connectivity index (χ3n) is 6.01. The first-order valence-corrected chi connectivity index (χ1v) is 9.88. The number of rotatable bonds is 3. The Morgan fingerprint density at radius 2 is 1.66 bits per heavy atom. The Hall–Kier alpha value is -2.43. The van der Waals surface area contributed by atoms with Crippen molar-refractivity contribution >= 4 is 10.8 Å². The average Bonchev–Trinajstić information content (AvgIpc) is 2.66. The van der Waals surface area contributed by atoms with Crippen LogP contribution in [0, 0.1) is 17.6 Å². The van der Waals surface area contributed by atoms with Crippen molar-refractivity contribution in [3.63, 3.8) is 0 Å². The molecule has 0 saturated carbocycles. The van der Waals surface area contributed by atoms with E-state index < -0.39 is 23.4 Å². The number of hydrogen-bond acceptors (Lipinski definition) is 0. The molecule has 0 N–H and O–H groups in total. The molecule has 1 aliphatic rings. The zero-order chi connectivity index (χ0) is 20.8. The Kier molecular flexibility index (Phi) is 5.09. The van der Waals surface area contributed by atoms with Gasteiger partial charge in [0.2, 0.25) is 0 Å². The van der Waals surface area contributed by atoms with Crippen LogP contribution in [0.1, 0.15) is 54.4 Å². The molecule has 3 aromatic rings. The van der Waals surface area contributed by atoms with Crippen molar-refractivity contribution < 1.29 is 22.0 Å². The Bertz CT molecular complexity index is 1030. The summed E-state index contributed by atoms with van der Waals surface area (Å²) in [5, 5.41) is 2.18. The molecule has 0 bridgehead atoms. The van der Waals surface area contributed by atoms with Crippen LogP contribution in [0.5, 0.6) is 0 Å². The number of benzene rings is 3. The standard InChI is InChI=1S/C24H21F5/c1-2-5-15-9-10-18-17-7-4-3-6-14(17)8-11-19(18)22(15)16-12-20(25)23(21(26)13-16)24(27,28)29/h3-4,6-8,11-13,15,22H,2,5,9-10H2,1H3. The molecule has 0 fully saturated rings. The van der Waals surface area contributed by atoms with E-state index in [0.29, 0.717) is 0 Å². The fourth-order valence-electron chi connectivity index (χ4n) is 4.85. The third-order valence-corrected chi connectivity index (χ3v) is 6.01. The molecule has 152 valence electrons. The lowest BCUT2D eigenvalue weighted by molar-refractivity contribution is -0.142. The Morgan fingerprint density at radius 1 is 0.966 bits per heavy atom. The summed E-state index contributed by atoms with van der Waals surface area (Å²) in [5.74, 6) is -3.29. The lowest BCUT2D eigenvalue weighted by Crippen LogP contribution is -2.23. The minimum absolute atomic E-state index is 0.129. The van der Waals surface area contributed by atoms with Crippen LogP contribution in [-0.2, 0) is 12.6 Å². The van der Waals surface area contributed by atoms with E-state index in [2.05, 4.69) is 0 Å². The molecule has 0 spiro atoms. The zero-order valence-corrected chi connectivity index (χ0v) is 16.0. The van der Waals surface area contributed by atoms with Crippen molar-refractivity contribution in [3.05, 3.63) is 82.4 Å². The van der Waals surface area contributed by atoms with E-state index in [0.717, 1.165) is 59.7 Å². The minimum Gasteiger partial charge on any atom is -0.206 e. The molecule has 4 rings (SSSR count). The van der Waals surface area contributed by atoms with Crippen LogP contribution in [0.25, 0.3) is 10.8 Å². The van der Waals surface area contributed by atoms with E-state index in [1.165, 1.54) is 0 Å². The van der Waals surface area contributed by atoms with Gasteiger partial charge in [0, 0.05) is 5.92 Å². The van der Waals surface area contributed by atoms with E-state index in [-0.39, 0.29) is 17.4 Å². The summed E-state index contributed by atoms with van der Waals surface area (Å²) in [5.41, 5.74) is 0.554. The summed E-state index contributed by atoms with van der Waals surface area (Å²) >= 11 is 0. The largest absolute Gasteiger partial charge is 0.422 e. The van der Waals surface area contributed by atoms with Gasteiger partial charge in [-0.05, 0) is 64.8 Å². The number of aryl methyl sites for hydroxylation is 1. The highest BCUT2D eigenvalue weighted by atomic mass is 19.4. The van der Waals surface area contributed by atoms with Gasteiger partial charge in [-0.3, -0.25) is 0 Å². The van der Waals surface area contributed by atoms with Gasteiger partial charge in [0.05, 0.1) is 0 Å². The number of fused-ring (bicyclic) bond motifs is 3. The van der Waals surface area contributed by atoms with Crippen LogP contribution in [-0.4, -0.2) is 0 Å². The van der Waals surface area contributed by atoms with Crippen LogP contribution in [0.4, 0.5) is 22.0 Å². The van der Waals surface area contributed by atoms with Crippen molar-refractivity contribution in [1.82, 2.24) is 0 Å². The first-order valence-electron chi connectivity index (χ1n) is 9.88. The van der Waals surface area contributed by atoms with E-state index in [1.807, 2.05) is 43.3 Å². The van der Waals surface area contributed by atoms with Gasteiger partial charge in [0.25, 0.3) is 0 Å². The lowest BCUT2D eigenvalue weighted by Gasteiger charge is -2.35. The van der Waals surface area contributed by atoms with Gasteiger partial charge in [0.15, 0.2) is 0 Å². The van der Waals surface area contributed by atoms with Gasteiger partial charge >= 0.3 is 6.18 Å². The predicted octanol–water partition coefficient (Wildman–Crippen LogP) is 7.63. The molecule has 2 atom stereocenters. The average molecular weight is 404 g/mol. The Balaban J connectivity index is 1.90. The van der Waals surface area contributed by atoms with Crippen molar-refractivity contribution in [2.45, 2.75) is 44.7 Å². The molecule has 0 radical (unpaired) electrons.